The molecule has 3 heterocycles. The number of nitrogens with one attached hydrogen (secondary N) is 2. The van der Waals surface area contributed by atoms with E-state index in [0.717, 1.165) is 5.56 Å². The Labute approximate surface area is 153 Å². The molecule has 8 nitrogen and oxygen atoms in total. The highest BCUT2D eigenvalue weighted by Gasteiger charge is 2.17. The van der Waals surface area contributed by atoms with Gasteiger partial charge in [-0.2, -0.15) is 16.3 Å². The molecule has 2 N–H and O–H groups in total. The molecule has 9 heteroatoms. The zero-order chi connectivity index (χ0) is 18.4. The fourth-order valence-electron chi connectivity index (χ4n) is 2.21. The number of hydrogen-bond acceptors (Lipinski definition) is 7. The summed E-state index contributed by atoms with van der Waals surface area (Å²) in [6.45, 7) is 1.90. The van der Waals surface area contributed by atoms with Gasteiger partial charge in [-0.15, -0.1) is 0 Å². The van der Waals surface area contributed by atoms with Gasteiger partial charge in [-0.1, -0.05) is 5.16 Å². The fraction of sp³-hybridized carbons (Fsp3) is 0.294. The van der Waals surface area contributed by atoms with E-state index in [-0.39, 0.29) is 24.8 Å². The van der Waals surface area contributed by atoms with Gasteiger partial charge in [-0.05, 0) is 30.5 Å². The van der Waals surface area contributed by atoms with E-state index in [9.17, 15) is 9.59 Å². The number of rotatable bonds is 8. The molecule has 3 rings (SSSR count). The molecule has 0 aliphatic heterocycles. The van der Waals surface area contributed by atoms with E-state index < -0.39 is 6.04 Å². The molecule has 0 aliphatic rings. The third-order valence-corrected chi connectivity index (χ3v) is 4.28. The average Bonchev–Trinajstić information content (AvgIpc) is 3.39. The first kappa shape index (κ1) is 17.9. The van der Waals surface area contributed by atoms with Gasteiger partial charge in [0.1, 0.15) is 11.8 Å². The van der Waals surface area contributed by atoms with Crippen LogP contribution in [-0.2, 0) is 22.6 Å². The van der Waals surface area contributed by atoms with Crippen molar-refractivity contribution in [2.75, 3.05) is 0 Å². The molecule has 26 heavy (non-hydrogen) atoms. The molecule has 0 spiro atoms. The van der Waals surface area contributed by atoms with E-state index >= 15 is 0 Å². The minimum Gasteiger partial charge on any atom is -0.467 e. The van der Waals surface area contributed by atoms with Crippen molar-refractivity contribution in [2.24, 2.45) is 0 Å². The number of carbonyl (C=O) groups excluding carboxylic acids is 2. The van der Waals surface area contributed by atoms with Crippen molar-refractivity contribution < 1.29 is 18.5 Å². The maximum absolute atomic E-state index is 12.0. The van der Waals surface area contributed by atoms with Crippen LogP contribution in [0.5, 0.6) is 0 Å². The van der Waals surface area contributed by atoms with Gasteiger partial charge in [0.05, 0.1) is 12.8 Å². The van der Waals surface area contributed by atoms with Crippen molar-refractivity contribution >= 4 is 23.2 Å². The monoisotopic (exact) mass is 374 g/mol. The van der Waals surface area contributed by atoms with Gasteiger partial charge >= 0.3 is 0 Å². The maximum atomic E-state index is 12.0. The van der Waals surface area contributed by atoms with Crippen LogP contribution in [0.4, 0.5) is 0 Å². The SMILES string of the molecule is CC(NC(=O)CCc1nc(-c2ccsc2)no1)C(=O)NCc1ccco1. The van der Waals surface area contributed by atoms with E-state index in [1.165, 1.54) is 6.26 Å². The highest BCUT2D eigenvalue weighted by Crippen LogP contribution is 2.18. The lowest BCUT2D eigenvalue weighted by molar-refractivity contribution is -0.128. The summed E-state index contributed by atoms with van der Waals surface area (Å²) in [6.07, 6.45) is 2.00. The number of furan rings is 1. The Balaban J connectivity index is 1.41. The van der Waals surface area contributed by atoms with E-state index in [1.54, 1.807) is 30.4 Å². The van der Waals surface area contributed by atoms with Gasteiger partial charge in [0, 0.05) is 23.8 Å². The highest BCUT2D eigenvalue weighted by molar-refractivity contribution is 7.08. The minimum absolute atomic E-state index is 0.154. The lowest BCUT2D eigenvalue weighted by Gasteiger charge is -2.13. The number of thiophene rings is 1. The molecule has 0 saturated carbocycles. The summed E-state index contributed by atoms with van der Waals surface area (Å²) in [6, 6.07) is 4.75. The summed E-state index contributed by atoms with van der Waals surface area (Å²) in [7, 11) is 0. The summed E-state index contributed by atoms with van der Waals surface area (Å²) < 4.78 is 10.3. The van der Waals surface area contributed by atoms with Crippen LogP contribution in [0.25, 0.3) is 11.4 Å². The molecular weight excluding hydrogens is 356 g/mol. The molecule has 0 bridgehead atoms. The predicted octanol–water partition coefficient (Wildman–Crippen LogP) is 2.14. The van der Waals surface area contributed by atoms with Crippen molar-refractivity contribution in [2.45, 2.75) is 32.4 Å². The van der Waals surface area contributed by atoms with Gasteiger partial charge in [-0.25, -0.2) is 0 Å². The topological polar surface area (TPSA) is 110 Å². The van der Waals surface area contributed by atoms with Gasteiger partial charge in [-0.3, -0.25) is 9.59 Å². The van der Waals surface area contributed by atoms with Gasteiger partial charge < -0.3 is 19.6 Å². The Morgan fingerprint density at radius 2 is 2.23 bits per heavy atom. The second-order valence-corrected chi connectivity index (χ2v) is 6.39. The summed E-state index contributed by atoms with van der Waals surface area (Å²) in [4.78, 5) is 28.2. The number of amides is 2. The first-order valence-corrected chi connectivity index (χ1v) is 9.00. The lowest BCUT2D eigenvalue weighted by Crippen LogP contribution is -2.44. The normalized spacial score (nSPS) is 11.9. The van der Waals surface area contributed by atoms with Crippen molar-refractivity contribution in [3.8, 4) is 11.4 Å². The van der Waals surface area contributed by atoms with E-state index in [0.29, 0.717) is 23.9 Å². The lowest BCUT2D eigenvalue weighted by atomic mass is 10.2. The Morgan fingerprint density at radius 1 is 1.35 bits per heavy atom. The maximum Gasteiger partial charge on any atom is 0.242 e. The number of hydrogen-bond donors (Lipinski definition) is 2. The van der Waals surface area contributed by atoms with Crippen LogP contribution in [0.1, 0.15) is 25.0 Å². The predicted molar refractivity (Wildman–Crippen MR) is 94.1 cm³/mol. The van der Waals surface area contributed by atoms with E-state index in [2.05, 4.69) is 20.8 Å². The van der Waals surface area contributed by atoms with Crippen LogP contribution < -0.4 is 10.6 Å². The van der Waals surface area contributed by atoms with Crippen molar-refractivity contribution in [1.82, 2.24) is 20.8 Å². The third kappa shape index (κ3) is 4.79. The van der Waals surface area contributed by atoms with E-state index in [4.69, 9.17) is 8.94 Å². The zero-order valence-electron chi connectivity index (χ0n) is 14.1. The summed E-state index contributed by atoms with van der Waals surface area (Å²) in [5.74, 6) is 0.992. The first-order valence-electron chi connectivity index (χ1n) is 8.06. The quantitative estimate of drug-likeness (QED) is 0.625. The number of carbonyl (C=O) groups is 2. The fourth-order valence-corrected chi connectivity index (χ4v) is 2.84. The minimum atomic E-state index is -0.651. The second kappa shape index (κ2) is 8.43. The van der Waals surface area contributed by atoms with Crippen LogP contribution in [0.3, 0.4) is 0 Å². The van der Waals surface area contributed by atoms with Crippen molar-refractivity contribution in [1.29, 1.82) is 0 Å². The Hall–Kier alpha value is -2.94. The molecule has 0 radical (unpaired) electrons. The molecule has 1 atom stereocenters. The smallest absolute Gasteiger partial charge is 0.242 e. The number of nitrogens with zero attached hydrogens (tertiary/aromatic N) is 2. The zero-order valence-corrected chi connectivity index (χ0v) is 14.9. The van der Waals surface area contributed by atoms with Crippen LogP contribution in [0, 0.1) is 0 Å². The van der Waals surface area contributed by atoms with Crippen molar-refractivity contribution in [3.05, 3.63) is 46.9 Å². The molecule has 0 aliphatic carbocycles. The average molecular weight is 374 g/mol. The van der Waals surface area contributed by atoms with Crippen LogP contribution >= 0.6 is 11.3 Å². The summed E-state index contributed by atoms with van der Waals surface area (Å²) >= 11 is 1.54. The molecule has 0 saturated heterocycles. The molecule has 0 fully saturated rings. The van der Waals surface area contributed by atoms with Crippen LogP contribution in [-0.4, -0.2) is 28.0 Å². The third-order valence-electron chi connectivity index (χ3n) is 3.60. The molecule has 3 aromatic rings. The Morgan fingerprint density at radius 3 is 2.96 bits per heavy atom. The van der Waals surface area contributed by atoms with Crippen molar-refractivity contribution in [3.63, 3.8) is 0 Å². The summed E-state index contributed by atoms with van der Waals surface area (Å²) in [5.41, 5.74) is 0.885. The molecule has 1 unspecified atom stereocenters. The van der Waals surface area contributed by atoms with E-state index in [1.807, 2.05) is 16.8 Å². The largest absolute Gasteiger partial charge is 0.467 e. The Kier molecular flexibility index (Phi) is 5.80. The van der Waals surface area contributed by atoms with Gasteiger partial charge in [0.2, 0.25) is 23.5 Å². The number of aromatic nitrogens is 2. The standard InChI is InChI=1S/C17H18N4O4S/c1-11(17(23)18-9-13-3-2-7-24-13)19-14(22)4-5-15-20-16(21-25-15)12-6-8-26-10-12/h2-3,6-8,10-11H,4-5,9H2,1H3,(H,18,23)(H,19,22). The highest BCUT2D eigenvalue weighted by atomic mass is 32.1. The molecule has 136 valence electrons. The van der Waals surface area contributed by atoms with Crippen LogP contribution in [0.2, 0.25) is 0 Å². The molecule has 3 aromatic heterocycles. The van der Waals surface area contributed by atoms with Gasteiger partial charge in [0.25, 0.3) is 0 Å². The molecule has 2 amide bonds. The summed E-state index contributed by atoms with van der Waals surface area (Å²) in [5, 5.41) is 13.1. The van der Waals surface area contributed by atoms with Gasteiger partial charge in [0.15, 0.2) is 0 Å². The Bertz CT molecular complexity index is 842. The second-order valence-electron chi connectivity index (χ2n) is 5.61. The number of aryl methyl sites for hydroxylation is 1. The van der Waals surface area contributed by atoms with Crippen LogP contribution in [0.15, 0.2) is 44.2 Å². The molecular formula is C17H18N4O4S. The first-order chi connectivity index (χ1) is 12.6. The molecule has 0 aromatic carbocycles.